The number of nitrogens with zero attached hydrogens (tertiary/aromatic N) is 2. The van der Waals surface area contributed by atoms with Gasteiger partial charge in [0.1, 0.15) is 4.75 Å². The molecule has 2 aliphatic heterocycles. The fraction of sp³-hybridized carbons (Fsp3) is 0.647. The summed E-state index contributed by atoms with van der Waals surface area (Å²) < 4.78 is 30.0. The smallest absolute Gasteiger partial charge is 0.222 e. The van der Waals surface area contributed by atoms with Crippen LogP contribution >= 0.6 is 0 Å². The molecule has 1 aromatic rings. The highest BCUT2D eigenvalue weighted by Gasteiger charge is 2.62. The van der Waals surface area contributed by atoms with E-state index in [0.717, 1.165) is 12.1 Å². The molecule has 2 fully saturated rings. The third-order valence-corrected chi connectivity index (χ3v) is 7.73. The normalized spacial score (nSPS) is 24.0. The molecule has 2 aliphatic rings. The van der Waals surface area contributed by atoms with Crippen molar-refractivity contribution in [1.82, 2.24) is 9.88 Å². The second-order valence-corrected chi connectivity index (χ2v) is 9.16. The molecule has 1 unspecified atom stereocenters. The zero-order chi connectivity index (χ0) is 17.2. The highest BCUT2D eigenvalue weighted by atomic mass is 32.2. The van der Waals surface area contributed by atoms with E-state index >= 15 is 0 Å². The number of hydrogen-bond donors (Lipinski definition) is 0. The van der Waals surface area contributed by atoms with E-state index in [0.29, 0.717) is 39.1 Å². The molecule has 132 valence electrons. The Bertz CT molecular complexity index is 684. The summed E-state index contributed by atoms with van der Waals surface area (Å²) >= 11 is 0. The van der Waals surface area contributed by atoms with Crippen molar-refractivity contribution in [2.45, 2.75) is 37.5 Å². The summed E-state index contributed by atoms with van der Waals surface area (Å²) in [6.45, 7) is 3.38. The fourth-order valence-electron chi connectivity index (χ4n) is 3.65. The standard InChI is InChI=1S/C17H24N2O4S/c1-2-5-16(20)19-12-17(13-19)14(7-9-24(17,21)22)10-23-11-15-6-3-4-8-18-15/h3-4,6,8,14H,2,5,7,9-13H2,1H3. The average Bonchev–Trinajstić information content (AvgIpc) is 2.78. The van der Waals surface area contributed by atoms with E-state index in [1.54, 1.807) is 11.1 Å². The third-order valence-electron chi connectivity index (χ3n) is 5.13. The SMILES string of the molecule is CCCC(=O)N1CC2(C1)C(COCc1ccccn1)CCS2(=O)=O. The molecule has 1 atom stereocenters. The summed E-state index contributed by atoms with van der Waals surface area (Å²) in [5.74, 6) is 0.204. The maximum Gasteiger partial charge on any atom is 0.222 e. The fourth-order valence-corrected chi connectivity index (χ4v) is 6.05. The monoisotopic (exact) mass is 352 g/mol. The summed E-state index contributed by atoms with van der Waals surface area (Å²) in [5, 5.41) is 0. The number of pyridine rings is 1. The van der Waals surface area contributed by atoms with Gasteiger partial charge in [-0.25, -0.2) is 8.42 Å². The molecule has 1 aromatic heterocycles. The highest BCUT2D eigenvalue weighted by molar-refractivity contribution is 7.93. The van der Waals surface area contributed by atoms with Crippen LogP contribution < -0.4 is 0 Å². The second kappa shape index (κ2) is 6.80. The van der Waals surface area contributed by atoms with Gasteiger partial charge >= 0.3 is 0 Å². The molecule has 0 aromatic carbocycles. The van der Waals surface area contributed by atoms with Gasteiger partial charge in [0, 0.05) is 31.6 Å². The molecule has 0 N–H and O–H groups in total. The van der Waals surface area contributed by atoms with E-state index in [4.69, 9.17) is 4.74 Å². The first kappa shape index (κ1) is 17.4. The topological polar surface area (TPSA) is 76.6 Å². The van der Waals surface area contributed by atoms with Gasteiger partial charge in [-0.1, -0.05) is 13.0 Å². The molecule has 2 saturated heterocycles. The number of carbonyl (C=O) groups is 1. The van der Waals surface area contributed by atoms with Gasteiger partial charge in [-0.2, -0.15) is 0 Å². The van der Waals surface area contributed by atoms with Crippen LogP contribution in [-0.4, -0.2) is 54.4 Å². The lowest BCUT2D eigenvalue weighted by atomic mass is 9.83. The second-order valence-electron chi connectivity index (χ2n) is 6.71. The molecule has 1 spiro atoms. The Balaban J connectivity index is 1.60. The van der Waals surface area contributed by atoms with Gasteiger partial charge in [0.15, 0.2) is 9.84 Å². The zero-order valence-corrected chi connectivity index (χ0v) is 14.8. The van der Waals surface area contributed by atoms with Crippen LogP contribution in [0.2, 0.25) is 0 Å². The Kier molecular flexibility index (Phi) is 4.92. The lowest BCUT2D eigenvalue weighted by molar-refractivity contribution is -0.138. The first-order valence-electron chi connectivity index (χ1n) is 8.46. The van der Waals surface area contributed by atoms with Gasteiger partial charge in [0.05, 0.1) is 24.7 Å². The van der Waals surface area contributed by atoms with Crippen molar-refractivity contribution in [3.05, 3.63) is 30.1 Å². The van der Waals surface area contributed by atoms with E-state index in [2.05, 4.69) is 4.98 Å². The Labute approximate surface area is 143 Å². The van der Waals surface area contributed by atoms with Crippen LogP contribution in [0.15, 0.2) is 24.4 Å². The van der Waals surface area contributed by atoms with Crippen LogP contribution in [0.1, 0.15) is 31.9 Å². The lowest BCUT2D eigenvalue weighted by Crippen LogP contribution is -2.68. The molecule has 6 nitrogen and oxygen atoms in total. The number of hydrogen-bond acceptors (Lipinski definition) is 5. The van der Waals surface area contributed by atoms with Crippen LogP contribution in [0.3, 0.4) is 0 Å². The predicted octanol–water partition coefficient (Wildman–Crippen LogP) is 1.41. The minimum atomic E-state index is -3.16. The number of rotatable bonds is 6. The number of sulfone groups is 1. The highest BCUT2D eigenvalue weighted by Crippen LogP contribution is 2.45. The number of aromatic nitrogens is 1. The van der Waals surface area contributed by atoms with Gasteiger partial charge in [-0.3, -0.25) is 9.78 Å². The summed E-state index contributed by atoms with van der Waals surface area (Å²) in [6, 6.07) is 5.63. The molecule has 7 heteroatoms. The number of ether oxygens (including phenoxy) is 1. The van der Waals surface area contributed by atoms with Gasteiger partial charge < -0.3 is 9.64 Å². The number of carbonyl (C=O) groups excluding carboxylic acids is 1. The third kappa shape index (κ3) is 3.07. The number of likely N-dealkylation sites (tertiary alicyclic amines) is 1. The van der Waals surface area contributed by atoms with E-state index in [1.807, 2.05) is 25.1 Å². The Morgan fingerprint density at radius 3 is 2.88 bits per heavy atom. The molecule has 1 amide bonds. The largest absolute Gasteiger partial charge is 0.375 e. The van der Waals surface area contributed by atoms with Crippen LogP contribution in [0.25, 0.3) is 0 Å². The quantitative estimate of drug-likeness (QED) is 0.774. The number of amides is 1. The first-order chi connectivity index (χ1) is 11.5. The average molecular weight is 352 g/mol. The van der Waals surface area contributed by atoms with Crippen LogP contribution in [0.5, 0.6) is 0 Å². The van der Waals surface area contributed by atoms with Crippen molar-refractivity contribution in [2.75, 3.05) is 25.4 Å². The summed E-state index contributed by atoms with van der Waals surface area (Å²) in [5.41, 5.74) is 0.834. The molecule has 24 heavy (non-hydrogen) atoms. The van der Waals surface area contributed by atoms with Crippen LogP contribution in [-0.2, 0) is 26.0 Å². The van der Waals surface area contributed by atoms with Crippen LogP contribution in [0.4, 0.5) is 0 Å². The molecule has 0 aliphatic carbocycles. The van der Waals surface area contributed by atoms with E-state index in [-0.39, 0.29) is 17.6 Å². The van der Waals surface area contributed by atoms with E-state index < -0.39 is 14.6 Å². The Morgan fingerprint density at radius 1 is 1.42 bits per heavy atom. The lowest BCUT2D eigenvalue weighted by Gasteiger charge is -2.50. The molecule has 0 bridgehead atoms. The van der Waals surface area contributed by atoms with Crippen molar-refractivity contribution in [3.8, 4) is 0 Å². The zero-order valence-electron chi connectivity index (χ0n) is 14.0. The maximum atomic E-state index is 12.5. The molecule has 0 radical (unpaired) electrons. The molecule has 3 heterocycles. The van der Waals surface area contributed by atoms with Gasteiger partial charge in [-0.05, 0) is 25.0 Å². The summed E-state index contributed by atoms with van der Waals surface area (Å²) in [4.78, 5) is 17.9. The van der Waals surface area contributed by atoms with Crippen molar-refractivity contribution in [3.63, 3.8) is 0 Å². The van der Waals surface area contributed by atoms with Crippen molar-refractivity contribution >= 4 is 15.7 Å². The Hall–Kier alpha value is -1.47. The van der Waals surface area contributed by atoms with Gasteiger partial charge in [-0.15, -0.1) is 0 Å². The maximum absolute atomic E-state index is 12.5. The van der Waals surface area contributed by atoms with E-state index in [1.165, 1.54) is 0 Å². The molecular weight excluding hydrogens is 328 g/mol. The minimum absolute atomic E-state index is 0.0445. The van der Waals surface area contributed by atoms with Gasteiger partial charge in [0.25, 0.3) is 0 Å². The van der Waals surface area contributed by atoms with Gasteiger partial charge in [0.2, 0.25) is 5.91 Å². The molecule has 0 saturated carbocycles. The van der Waals surface area contributed by atoms with Crippen molar-refractivity contribution in [2.24, 2.45) is 5.92 Å². The minimum Gasteiger partial charge on any atom is -0.375 e. The predicted molar refractivity (Wildman–Crippen MR) is 90.0 cm³/mol. The summed E-state index contributed by atoms with van der Waals surface area (Å²) in [7, 11) is -3.16. The molecular formula is C17H24N2O4S. The van der Waals surface area contributed by atoms with E-state index in [9.17, 15) is 13.2 Å². The van der Waals surface area contributed by atoms with Crippen molar-refractivity contribution < 1.29 is 17.9 Å². The van der Waals surface area contributed by atoms with Crippen molar-refractivity contribution in [1.29, 1.82) is 0 Å². The first-order valence-corrected chi connectivity index (χ1v) is 10.1. The molecule has 3 rings (SSSR count). The Morgan fingerprint density at radius 2 is 2.21 bits per heavy atom. The van der Waals surface area contributed by atoms with Crippen LogP contribution in [0, 0.1) is 5.92 Å². The summed E-state index contributed by atoms with van der Waals surface area (Å²) in [6.07, 6.45) is 3.59.